The lowest BCUT2D eigenvalue weighted by Crippen LogP contribution is -2.50. The minimum absolute atomic E-state index is 0.294. The van der Waals surface area contributed by atoms with Crippen molar-refractivity contribution in [3.63, 3.8) is 0 Å². The molecule has 0 spiro atoms. The molecule has 5 nitrogen and oxygen atoms in total. The third-order valence-corrected chi connectivity index (χ3v) is 4.92. The van der Waals surface area contributed by atoms with Gasteiger partial charge in [-0.15, -0.1) is 0 Å². The van der Waals surface area contributed by atoms with Crippen LogP contribution >= 0.6 is 0 Å². The van der Waals surface area contributed by atoms with E-state index >= 15 is 0 Å². The maximum Gasteiger partial charge on any atom is 0.314 e. The zero-order chi connectivity index (χ0) is 15.5. The number of nitrogens with two attached hydrogens (primary N) is 1. The fourth-order valence-electron chi connectivity index (χ4n) is 3.60. The van der Waals surface area contributed by atoms with Gasteiger partial charge in [0.1, 0.15) is 5.75 Å². The molecule has 0 unspecified atom stereocenters. The number of piperidine rings is 1. The lowest BCUT2D eigenvalue weighted by Gasteiger charge is -2.35. The Morgan fingerprint density at radius 2 is 2.00 bits per heavy atom. The number of likely N-dealkylation sites (tertiary alicyclic amines) is 1. The van der Waals surface area contributed by atoms with E-state index in [-0.39, 0.29) is 6.03 Å². The Morgan fingerprint density at radius 1 is 1.23 bits per heavy atom. The fraction of sp³-hybridized carbons (Fsp3) is 0.588. The first-order valence-corrected chi connectivity index (χ1v) is 8.12. The lowest BCUT2D eigenvalue weighted by molar-refractivity contribution is 0.181. The number of hydrogen-bond acceptors (Lipinski definition) is 3. The van der Waals surface area contributed by atoms with Crippen molar-refractivity contribution >= 4 is 6.03 Å². The number of carbonyl (C=O) groups is 1. The minimum atomic E-state index is -0.294. The molecule has 0 bridgehead atoms. The van der Waals surface area contributed by atoms with Gasteiger partial charge in [-0.2, -0.15) is 0 Å². The van der Waals surface area contributed by atoms with Crippen LogP contribution in [0.2, 0.25) is 0 Å². The summed E-state index contributed by atoms with van der Waals surface area (Å²) in [5.41, 5.74) is 8.18. The molecule has 1 aliphatic carbocycles. The highest BCUT2D eigenvalue weighted by atomic mass is 16.5. The first-order chi connectivity index (χ1) is 10.7. The minimum Gasteiger partial charge on any atom is -0.497 e. The first-order valence-electron chi connectivity index (χ1n) is 8.12. The zero-order valence-electron chi connectivity index (χ0n) is 13.2. The van der Waals surface area contributed by atoms with Crippen LogP contribution in [0.25, 0.3) is 0 Å². The highest BCUT2D eigenvalue weighted by molar-refractivity contribution is 5.72. The van der Waals surface area contributed by atoms with E-state index in [1.54, 1.807) is 12.0 Å². The second kappa shape index (κ2) is 6.57. The molecular weight excluding hydrogens is 278 g/mol. The quantitative estimate of drug-likeness (QED) is 0.893. The molecule has 1 aromatic carbocycles. The largest absolute Gasteiger partial charge is 0.497 e. The molecule has 120 valence electrons. The van der Waals surface area contributed by atoms with Gasteiger partial charge in [0.15, 0.2) is 0 Å². The average Bonchev–Trinajstić information content (AvgIpc) is 2.54. The topological polar surface area (TPSA) is 67.6 Å². The van der Waals surface area contributed by atoms with Crippen molar-refractivity contribution in [3.05, 3.63) is 29.3 Å². The Hall–Kier alpha value is -1.75. The van der Waals surface area contributed by atoms with Crippen LogP contribution in [0.3, 0.4) is 0 Å². The summed E-state index contributed by atoms with van der Waals surface area (Å²) in [6.45, 7) is 1.54. The normalized spacial score (nSPS) is 22.2. The number of nitrogens with zero attached hydrogens (tertiary/aromatic N) is 1. The SMILES string of the molecule is COc1ccc2c(c1)C[C@H](NC1CCN(C(N)=O)CC1)CC2. The number of nitrogens with one attached hydrogen (secondary N) is 1. The Balaban J connectivity index is 1.55. The van der Waals surface area contributed by atoms with Gasteiger partial charge in [-0.25, -0.2) is 4.79 Å². The van der Waals surface area contributed by atoms with E-state index in [1.807, 2.05) is 6.07 Å². The summed E-state index contributed by atoms with van der Waals surface area (Å²) in [7, 11) is 1.72. The number of rotatable bonds is 3. The number of hydrogen-bond donors (Lipinski definition) is 2. The Bertz CT molecular complexity index is 539. The predicted molar refractivity (Wildman–Crippen MR) is 86.1 cm³/mol. The molecule has 0 radical (unpaired) electrons. The summed E-state index contributed by atoms with van der Waals surface area (Å²) in [6.07, 6.45) is 5.34. The number of benzene rings is 1. The van der Waals surface area contributed by atoms with Crippen molar-refractivity contribution in [2.45, 2.75) is 44.2 Å². The van der Waals surface area contributed by atoms with E-state index < -0.39 is 0 Å². The van der Waals surface area contributed by atoms with Gasteiger partial charge in [-0.1, -0.05) is 6.07 Å². The molecule has 3 N–H and O–H groups in total. The van der Waals surface area contributed by atoms with Crippen LogP contribution in [0.5, 0.6) is 5.75 Å². The molecule has 1 heterocycles. The van der Waals surface area contributed by atoms with Gasteiger partial charge in [0.2, 0.25) is 0 Å². The monoisotopic (exact) mass is 303 g/mol. The number of aryl methyl sites for hydroxylation is 1. The lowest BCUT2D eigenvalue weighted by atomic mass is 9.87. The van der Waals surface area contributed by atoms with E-state index in [0.29, 0.717) is 12.1 Å². The van der Waals surface area contributed by atoms with Gasteiger partial charge in [0.05, 0.1) is 7.11 Å². The number of carbonyl (C=O) groups excluding carboxylic acids is 1. The van der Waals surface area contributed by atoms with Crippen LogP contribution in [0.1, 0.15) is 30.4 Å². The average molecular weight is 303 g/mol. The van der Waals surface area contributed by atoms with E-state index in [0.717, 1.165) is 44.5 Å². The molecular formula is C17H25N3O2. The molecule has 3 rings (SSSR count). The van der Waals surface area contributed by atoms with Gasteiger partial charge in [-0.3, -0.25) is 0 Å². The van der Waals surface area contributed by atoms with Crippen molar-refractivity contribution < 1.29 is 9.53 Å². The van der Waals surface area contributed by atoms with Crippen LogP contribution in [-0.2, 0) is 12.8 Å². The number of ether oxygens (including phenoxy) is 1. The molecule has 1 saturated heterocycles. The van der Waals surface area contributed by atoms with E-state index in [1.165, 1.54) is 17.5 Å². The summed E-state index contributed by atoms with van der Waals surface area (Å²) >= 11 is 0. The van der Waals surface area contributed by atoms with Crippen LogP contribution in [0.4, 0.5) is 4.79 Å². The second-order valence-electron chi connectivity index (χ2n) is 6.34. The smallest absolute Gasteiger partial charge is 0.314 e. The molecule has 1 aliphatic heterocycles. The summed E-state index contributed by atoms with van der Waals surface area (Å²) in [6, 6.07) is 7.12. The zero-order valence-corrected chi connectivity index (χ0v) is 13.2. The van der Waals surface area contributed by atoms with Crippen molar-refractivity contribution in [2.75, 3.05) is 20.2 Å². The van der Waals surface area contributed by atoms with Gasteiger partial charge < -0.3 is 20.7 Å². The number of fused-ring (bicyclic) bond motifs is 1. The van der Waals surface area contributed by atoms with Crippen molar-refractivity contribution in [3.8, 4) is 5.75 Å². The van der Waals surface area contributed by atoms with Gasteiger partial charge in [-0.05, 0) is 55.4 Å². The van der Waals surface area contributed by atoms with E-state index in [2.05, 4.69) is 17.4 Å². The van der Waals surface area contributed by atoms with E-state index in [4.69, 9.17) is 10.5 Å². The van der Waals surface area contributed by atoms with Crippen molar-refractivity contribution in [1.82, 2.24) is 10.2 Å². The third-order valence-electron chi connectivity index (χ3n) is 4.92. The van der Waals surface area contributed by atoms with Gasteiger partial charge in [0, 0.05) is 25.2 Å². The first kappa shape index (κ1) is 15.2. The number of methoxy groups -OCH3 is 1. The maximum absolute atomic E-state index is 11.2. The standard InChI is InChI=1S/C17H25N3O2/c1-22-16-5-3-12-2-4-15(10-13(12)11-16)19-14-6-8-20(9-7-14)17(18)21/h3,5,11,14-15,19H,2,4,6-10H2,1H3,(H2,18,21)/t15-/m1/s1. The molecule has 22 heavy (non-hydrogen) atoms. The summed E-state index contributed by atoms with van der Waals surface area (Å²) in [5, 5.41) is 3.78. The second-order valence-corrected chi connectivity index (χ2v) is 6.34. The molecule has 0 aromatic heterocycles. The summed E-state index contributed by atoms with van der Waals surface area (Å²) < 4.78 is 5.33. The van der Waals surface area contributed by atoms with Crippen LogP contribution in [-0.4, -0.2) is 43.2 Å². The van der Waals surface area contributed by atoms with E-state index in [9.17, 15) is 4.79 Å². The summed E-state index contributed by atoms with van der Waals surface area (Å²) in [5.74, 6) is 0.939. The molecule has 0 saturated carbocycles. The predicted octanol–water partition coefficient (Wildman–Crippen LogP) is 1.69. The van der Waals surface area contributed by atoms with Gasteiger partial charge >= 0.3 is 6.03 Å². The Labute approximate surface area is 131 Å². The number of amides is 2. The molecule has 1 aromatic rings. The number of primary amides is 1. The molecule has 1 fully saturated rings. The van der Waals surface area contributed by atoms with Crippen molar-refractivity contribution in [1.29, 1.82) is 0 Å². The van der Waals surface area contributed by atoms with Gasteiger partial charge in [0.25, 0.3) is 0 Å². The highest BCUT2D eigenvalue weighted by Gasteiger charge is 2.25. The third kappa shape index (κ3) is 3.35. The molecule has 2 amide bonds. The maximum atomic E-state index is 11.2. The van der Waals surface area contributed by atoms with Crippen LogP contribution in [0.15, 0.2) is 18.2 Å². The van der Waals surface area contributed by atoms with Crippen LogP contribution in [0, 0.1) is 0 Å². The molecule has 5 heteroatoms. The molecule has 1 atom stereocenters. The highest BCUT2D eigenvalue weighted by Crippen LogP contribution is 2.26. The Kier molecular flexibility index (Phi) is 4.52. The molecule has 2 aliphatic rings. The Morgan fingerprint density at radius 3 is 2.68 bits per heavy atom. The fourth-order valence-corrected chi connectivity index (χ4v) is 3.60. The number of urea groups is 1. The van der Waals surface area contributed by atoms with Crippen LogP contribution < -0.4 is 15.8 Å². The van der Waals surface area contributed by atoms with Crippen molar-refractivity contribution in [2.24, 2.45) is 5.73 Å². The summed E-state index contributed by atoms with van der Waals surface area (Å²) in [4.78, 5) is 12.9.